The van der Waals surface area contributed by atoms with E-state index in [1.54, 1.807) is 6.21 Å². The quantitative estimate of drug-likeness (QED) is 0.667. The number of aliphatic imine (C=N–C) groups is 1. The van der Waals surface area contributed by atoms with Gasteiger partial charge in [-0.05, 0) is 38.1 Å². The van der Waals surface area contributed by atoms with Crippen molar-refractivity contribution in [2.24, 2.45) is 4.99 Å². The molecule has 0 saturated carbocycles. The number of hydrogen-bond donors (Lipinski definition) is 1. The number of aromatic nitrogens is 1. The van der Waals surface area contributed by atoms with Gasteiger partial charge in [-0.25, -0.2) is 4.98 Å². The lowest BCUT2D eigenvalue weighted by atomic mass is 10.1. The SMILES string of the molecule is CC=N/C(C)=C\Nc1ccc2nc(-c3ccccc3)ccc2c1. The summed E-state index contributed by atoms with van der Waals surface area (Å²) >= 11 is 0. The van der Waals surface area contributed by atoms with E-state index in [1.807, 2.05) is 50.4 Å². The third-order valence-electron chi connectivity index (χ3n) is 3.54. The highest BCUT2D eigenvalue weighted by Gasteiger charge is 2.02. The minimum Gasteiger partial charge on any atom is -0.360 e. The zero-order chi connectivity index (χ0) is 16.1. The molecule has 0 saturated heterocycles. The Labute approximate surface area is 136 Å². The van der Waals surface area contributed by atoms with Gasteiger partial charge in [0.25, 0.3) is 0 Å². The molecule has 3 nitrogen and oxygen atoms in total. The highest BCUT2D eigenvalue weighted by atomic mass is 14.9. The lowest BCUT2D eigenvalue weighted by Gasteiger charge is -2.06. The highest BCUT2D eigenvalue weighted by molar-refractivity contribution is 5.84. The monoisotopic (exact) mass is 301 g/mol. The van der Waals surface area contributed by atoms with Gasteiger partial charge in [-0.3, -0.25) is 4.99 Å². The van der Waals surface area contributed by atoms with Crippen LogP contribution in [0.15, 0.2) is 77.6 Å². The first-order chi connectivity index (χ1) is 11.3. The summed E-state index contributed by atoms with van der Waals surface area (Å²) in [5.41, 5.74) is 5.08. The molecule has 0 amide bonds. The van der Waals surface area contributed by atoms with E-state index in [2.05, 4.69) is 40.6 Å². The van der Waals surface area contributed by atoms with E-state index in [-0.39, 0.29) is 0 Å². The zero-order valence-corrected chi connectivity index (χ0v) is 13.3. The van der Waals surface area contributed by atoms with Crippen LogP contribution in [0.3, 0.4) is 0 Å². The van der Waals surface area contributed by atoms with Crippen molar-refractivity contribution in [3.05, 3.63) is 72.6 Å². The summed E-state index contributed by atoms with van der Waals surface area (Å²) in [6.07, 6.45) is 3.68. The molecule has 23 heavy (non-hydrogen) atoms. The van der Waals surface area contributed by atoms with Crippen molar-refractivity contribution in [1.29, 1.82) is 0 Å². The summed E-state index contributed by atoms with van der Waals surface area (Å²) in [4.78, 5) is 8.95. The maximum Gasteiger partial charge on any atom is 0.0711 e. The van der Waals surface area contributed by atoms with Crippen molar-refractivity contribution in [1.82, 2.24) is 4.98 Å². The Morgan fingerprint density at radius 3 is 2.65 bits per heavy atom. The van der Waals surface area contributed by atoms with Crippen LogP contribution in [-0.4, -0.2) is 11.2 Å². The minimum atomic E-state index is 0.935. The van der Waals surface area contributed by atoms with Crippen molar-refractivity contribution in [3.63, 3.8) is 0 Å². The predicted molar refractivity (Wildman–Crippen MR) is 98.7 cm³/mol. The maximum absolute atomic E-state index is 4.74. The number of allylic oxidation sites excluding steroid dienone is 1. The Morgan fingerprint density at radius 2 is 1.87 bits per heavy atom. The summed E-state index contributed by atoms with van der Waals surface area (Å²) in [7, 11) is 0. The third kappa shape index (κ3) is 3.64. The van der Waals surface area contributed by atoms with Crippen molar-refractivity contribution in [3.8, 4) is 11.3 Å². The number of hydrogen-bond acceptors (Lipinski definition) is 3. The lowest BCUT2D eigenvalue weighted by molar-refractivity contribution is 1.29. The van der Waals surface area contributed by atoms with Crippen LogP contribution in [0.5, 0.6) is 0 Å². The van der Waals surface area contributed by atoms with Crippen LogP contribution in [0.2, 0.25) is 0 Å². The fourth-order valence-corrected chi connectivity index (χ4v) is 2.41. The number of benzene rings is 2. The molecule has 3 heteroatoms. The first-order valence-electron chi connectivity index (χ1n) is 7.64. The molecule has 0 aliphatic carbocycles. The molecule has 1 aromatic heterocycles. The molecule has 1 N–H and O–H groups in total. The maximum atomic E-state index is 4.74. The summed E-state index contributed by atoms with van der Waals surface area (Å²) in [6.45, 7) is 3.87. The summed E-state index contributed by atoms with van der Waals surface area (Å²) in [6, 6.07) is 20.6. The van der Waals surface area contributed by atoms with Crippen molar-refractivity contribution in [2.45, 2.75) is 13.8 Å². The zero-order valence-electron chi connectivity index (χ0n) is 13.3. The molecule has 0 spiro atoms. The van der Waals surface area contributed by atoms with Gasteiger partial charge in [0.1, 0.15) is 0 Å². The lowest BCUT2D eigenvalue weighted by Crippen LogP contribution is -1.90. The molecule has 0 aliphatic heterocycles. The Balaban J connectivity index is 1.89. The molecular formula is C20H19N3. The smallest absolute Gasteiger partial charge is 0.0711 e. The normalized spacial score (nSPS) is 12.0. The fourth-order valence-electron chi connectivity index (χ4n) is 2.41. The summed E-state index contributed by atoms with van der Waals surface area (Å²) < 4.78 is 0. The van der Waals surface area contributed by atoms with Gasteiger partial charge < -0.3 is 5.32 Å². The molecule has 0 aliphatic rings. The number of pyridine rings is 1. The standard InChI is InChI=1S/C20H19N3/c1-3-21-15(2)14-22-18-10-12-20-17(13-18)9-11-19(23-20)16-7-5-4-6-8-16/h3-14,22H,1-2H3/b15-14-,21-3?. The molecule has 2 aromatic carbocycles. The Kier molecular flexibility index (Phi) is 4.48. The molecule has 3 rings (SSSR count). The van der Waals surface area contributed by atoms with Gasteiger partial charge in [0.2, 0.25) is 0 Å². The summed E-state index contributed by atoms with van der Waals surface area (Å²) in [5, 5.41) is 4.37. The number of rotatable bonds is 4. The highest BCUT2D eigenvalue weighted by Crippen LogP contribution is 2.23. The van der Waals surface area contributed by atoms with Gasteiger partial charge in [0.05, 0.1) is 16.9 Å². The topological polar surface area (TPSA) is 37.3 Å². The van der Waals surface area contributed by atoms with Crippen molar-refractivity contribution >= 4 is 22.8 Å². The van der Waals surface area contributed by atoms with Gasteiger partial charge in [0, 0.05) is 29.1 Å². The van der Waals surface area contributed by atoms with Gasteiger partial charge in [-0.1, -0.05) is 36.4 Å². The Hall–Kier alpha value is -2.94. The average molecular weight is 301 g/mol. The number of anilines is 1. The fraction of sp³-hybridized carbons (Fsp3) is 0.100. The van der Waals surface area contributed by atoms with Crippen LogP contribution in [0.1, 0.15) is 13.8 Å². The minimum absolute atomic E-state index is 0.935. The second-order valence-corrected chi connectivity index (χ2v) is 5.29. The number of nitrogens with zero attached hydrogens (tertiary/aromatic N) is 2. The Morgan fingerprint density at radius 1 is 1.04 bits per heavy atom. The van der Waals surface area contributed by atoms with Crippen LogP contribution in [0.25, 0.3) is 22.2 Å². The van der Waals surface area contributed by atoms with Crippen LogP contribution in [0, 0.1) is 0 Å². The molecule has 0 bridgehead atoms. The van der Waals surface area contributed by atoms with E-state index in [4.69, 9.17) is 4.98 Å². The van der Waals surface area contributed by atoms with Crippen LogP contribution < -0.4 is 5.32 Å². The Bertz CT molecular complexity index is 864. The van der Waals surface area contributed by atoms with E-state index in [0.29, 0.717) is 0 Å². The van der Waals surface area contributed by atoms with E-state index in [1.165, 1.54) is 0 Å². The predicted octanol–water partition coefficient (Wildman–Crippen LogP) is 5.27. The van der Waals surface area contributed by atoms with E-state index < -0.39 is 0 Å². The third-order valence-corrected chi connectivity index (χ3v) is 3.54. The molecular weight excluding hydrogens is 282 g/mol. The second-order valence-electron chi connectivity index (χ2n) is 5.29. The van der Waals surface area contributed by atoms with Crippen LogP contribution in [-0.2, 0) is 0 Å². The van der Waals surface area contributed by atoms with Gasteiger partial charge in [0.15, 0.2) is 0 Å². The molecule has 1 heterocycles. The number of nitrogens with one attached hydrogen (secondary N) is 1. The van der Waals surface area contributed by atoms with E-state index >= 15 is 0 Å². The molecule has 0 unspecified atom stereocenters. The van der Waals surface area contributed by atoms with E-state index in [0.717, 1.165) is 33.5 Å². The first-order valence-corrected chi connectivity index (χ1v) is 7.64. The second kappa shape index (κ2) is 6.88. The van der Waals surface area contributed by atoms with Crippen molar-refractivity contribution < 1.29 is 0 Å². The molecule has 0 fully saturated rings. The molecule has 3 aromatic rings. The van der Waals surface area contributed by atoms with Gasteiger partial charge in [-0.15, -0.1) is 0 Å². The largest absolute Gasteiger partial charge is 0.360 e. The number of fused-ring (bicyclic) bond motifs is 1. The molecule has 114 valence electrons. The summed E-state index contributed by atoms with van der Waals surface area (Å²) in [5.74, 6) is 0. The van der Waals surface area contributed by atoms with Crippen LogP contribution >= 0.6 is 0 Å². The van der Waals surface area contributed by atoms with E-state index in [9.17, 15) is 0 Å². The average Bonchev–Trinajstić information content (AvgIpc) is 2.60. The molecule has 0 radical (unpaired) electrons. The van der Waals surface area contributed by atoms with Crippen molar-refractivity contribution in [2.75, 3.05) is 5.32 Å². The van der Waals surface area contributed by atoms with Gasteiger partial charge in [-0.2, -0.15) is 0 Å². The molecule has 0 atom stereocenters. The van der Waals surface area contributed by atoms with Gasteiger partial charge >= 0.3 is 0 Å². The van der Waals surface area contributed by atoms with Crippen LogP contribution in [0.4, 0.5) is 5.69 Å². The first kappa shape index (κ1) is 15.0.